The van der Waals surface area contributed by atoms with Crippen LogP contribution in [0.15, 0.2) is 59.7 Å². The number of hydrazone groups is 1. The van der Waals surface area contributed by atoms with Gasteiger partial charge in [0, 0.05) is 25.0 Å². The van der Waals surface area contributed by atoms with Gasteiger partial charge in [-0.1, -0.05) is 54.1 Å². The Morgan fingerprint density at radius 3 is 2.29 bits per heavy atom. The summed E-state index contributed by atoms with van der Waals surface area (Å²) in [6.45, 7) is 0.280. The van der Waals surface area contributed by atoms with Crippen LogP contribution in [-0.4, -0.2) is 43.5 Å². The van der Waals surface area contributed by atoms with Gasteiger partial charge in [0.1, 0.15) is 0 Å². The fraction of sp³-hybridized carbons (Fsp3) is 0.235. The predicted octanol–water partition coefficient (Wildman–Crippen LogP) is 2.95. The summed E-state index contributed by atoms with van der Waals surface area (Å²) in [6, 6.07) is 17.1. The molecule has 0 saturated carbocycles. The molecular weight excluding hydrogens is 346 g/mol. The van der Waals surface area contributed by atoms with E-state index < -0.39 is 10.2 Å². The van der Waals surface area contributed by atoms with E-state index in [4.69, 9.17) is 11.6 Å². The van der Waals surface area contributed by atoms with Gasteiger partial charge in [0.15, 0.2) is 0 Å². The van der Waals surface area contributed by atoms with Crippen molar-refractivity contribution in [2.45, 2.75) is 5.92 Å². The molecule has 2 aromatic carbocycles. The largest absolute Gasteiger partial charge is 0.318 e. The molecular formula is C17H18ClN3O2S. The lowest BCUT2D eigenvalue weighted by Crippen LogP contribution is -2.36. The summed E-state index contributed by atoms with van der Waals surface area (Å²) in [5.74, 6) is -0.123. The second-order valence-corrected chi connectivity index (χ2v) is 8.23. The lowest BCUT2D eigenvalue weighted by atomic mass is 9.91. The Kier molecular flexibility index (Phi) is 4.62. The molecule has 0 fully saturated rings. The summed E-state index contributed by atoms with van der Waals surface area (Å²) in [7, 11) is -0.608. The first-order valence-electron chi connectivity index (χ1n) is 7.49. The summed E-state index contributed by atoms with van der Waals surface area (Å²) in [4.78, 5) is 0. The van der Waals surface area contributed by atoms with Crippen LogP contribution in [0, 0.1) is 0 Å². The van der Waals surface area contributed by atoms with Gasteiger partial charge in [-0.3, -0.25) is 0 Å². The SMILES string of the molecule is CN(C)S(=O)(=O)N1CC(c2ccccc2)C(c2ccc(Cl)cc2)=N1. The molecule has 0 saturated heterocycles. The van der Waals surface area contributed by atoms with E-state index in [1.807, 2.05) is 42.5 Å². The van der Waals surface area contributed by atoms with Crippen LogP contribution in [0.4, 0.5) is 0 Å². The van der Waals surface area contributed by atoms with Gasteiger partial charge in [0.25, 0.3) is 0 Å². The van der Waals surface area contributed by atoms with Crippen molar-refractivity contribution in [2.75, 3.05) is 20.6 Å². The molecule has 1 atom stereocenters. The van der Waals surface area contributed by atoms with E-state index in [0.29, 0.717) is 5.02 Å². The van der Waals surface area contributed by atoms with Gasteiger partial charge in [-0.05, 0) is 23.3 Å². The highest BCUT2D eigenvalue weighted by Gasteiger charge is 2.36. The molecule has 0 aromatic heterocycles. The third-order valence-corrected chi connectivity index (χ3v) is 5.90. The Bertz CT molecular complexity index is 849. The zero-order valence-corrected chi connectivity index (χ0v) is 15.0. The molecule has 1 aliphatic heterocycles. The maximum Gasteiger partial charge on any atom is 0.318 e. The first kappa shape index (κ1) is 17.0. The smallest absolute Gasteiger partial charge is 0.189 e. The van der Waals surface area contributed by atoms with E-state index in [1.54, 1.807) is 12.1 Å². The van der Waals surface area contributed by atoms with Gasteiger partial charge in [-0.25, -0.2) is 0 Å². The van der Waals surface area contributed by atoms with Crippen LogP contribution in [0.1, 0.15) is 17.0 Å². The van der Waals surface area contributed by atoms with Crippen LogP contribution in [-0.2, 0) is 10.2 Å². The molecule has 0 bridgehead atoms. The van der Waals surface area contributed by atoms with Crippen molar-refractivity contribution in [1.29, 1.82) is 0 Å². The Labute approximate surface area is 147 Å². The van der Waals surface area contributed by atoms with E-state index in [2.05, 4.69) is 5.10 Å². The number of hydrogen-bond acceptors (Lipinski definition) is 3. The fourth-order valence-electron chi connectivity index (χ4n) is 2.64. The van der Waals surface area contributed by atoms with Gasteiger partial charge in [0.05, 0.1) is 12.3 Å². The predicted molar refractivity (Wildman–Crippen MR) is 96.5 cm³/mol. The Balaban J connectivity index is 2.06. The first-order chi connectivity index (χ1) is 11.4. The van der Waals surface area contributed by atoms with Crippen molar-refractivity contribution >= 4 is 27.5 Å². The van der Waals surface area contributed by atoms with Crippen LogP contribution in [0.5, 0.6) is 0 Å². The average Bonchev–Trinajstić information content (AvgIpc) is 3.02. The van der Waals surface area contributed by atoms with Crippen LogP contribution in [0.25, 0.3) is 0 Å². The van der Waals surface area contributed by atoms with Gasteiger partial charge in [0.2, 0.25) is 0 Å². The molecule has 0 N–H and O–H groups in total. The van der Waals surface area contributed by atoms with E-state index in [1.165, 1.54) is 18.4 Å². The number of rotatable bonds is 4. The molecule has 2 aromatic rings. The third-order valence-electron chi connectivity index (χ3n) is 3.96. The average molecular weight is 364 g/mol. The van der Waals surface area contributed by atoms with Crippen molar-refractivity contribution in [1.82, 2.24) is 8.72 Å². The maximum absolute atomic E-state index is 12.5. The Morgan fingerprint density at radius 1 is 1.08 bits per heavy atom. The van der Waals surface area contributed by atoms with Crippen molar-refractivity contribution < 1.29 is 8.42 Å². The standard InChI is InChI=1S/C17H18ClN3O2S/c1-20(2)24(22,23)21-12-16(13-6-4-3-5-7-13)17(19-21)14-8-10-15(18)11-9-14/h3-11,16H,12H2,1-2H3. The van der Waals surface area contributed by atoms with Crippen LogP contribution in [0.3, 0.4) is 0 Å². The number of benzene rings is 2. The molecule has 1 heterocycles. The minimum absolute atomic E-state index is 0.123. The van der Waals surface area contributed by atoms with Gasteiger partial charge < -0.3 is 0 Å². The van der Waals surface area contributed by atoms with Gasteiger partial charge in [-0.15, -0.1) is 0 Å². The molecule has 7 heteroatoms. The lowest BCUT2D eigenvalue weighted by molar-refractivity contribution is 0.403. The molecule has 0 radical (unpaired) electrons. The van der Waals surface area contributed by atoms with Crippen LogP contribution >= 0.6 is 11.6 Å². The van der Waals surface area contributed by atoms with E-state index in [-0.39, 0.29) is 12.5 Å². The topological polar surface area (TPSA) is 53.0 Å². The molecule has 1 aliphatic rings. The van der Waals surface area contributed by atoms with Crippen molar-refractivity contribution in [3.8, 4) is 0 Å². The second kappa shape index (κ2) is 6.55. The number of halogens is 1. The summed E-state index contributed by atoms with van der Waals surface area (Å²) < 4.78 is 27.3. The van der Waals surface area contributed by atoms with Crippen LogP contribution in [0.2, 0.25) is 5.02 Å². The van der Waals surface area contributed by atoms with Crippen molar-refractivity contribution in [2.24, 2.45) is 5.10 Å². The van der Waals surface area contributed by atoms with E-state index >= 15 is 0 Å². The summed E-state index contributed by atoms with van der Waals surface area (Å²) in [6.07, 6.45) is 0. The normalized spacial score (nSPS) is 18.1. The van der Waals surface area contributed by atoms with E-state index in [9.17, 15) is 8.42 Å². The first-order valence-corrected chi connectivity index (χ1v) is 9.26. The summed E-state index contributed by atoms with van der Waals surface area (Å²) in [5.41, 5.74) is 2.62. The monoisotopic (exact) mass is 363 g/mol. The van der Waals surface area contributed by atoms with Gasteiger partial charge >= 0.3 is 10.2 Å². The molecule has 0 aliphatic carbocycles. The lowest BCUT2D eigenvalue weighted by Gasteiger charge is -2.20. The summed E-state index contributed by atoms with van der Waals surface area (Å²) in [5, 5.41) is 5.05. The zero-order chi connectivity index (χ0) is 17.3. The molecule has 126 valence electrons. The van der Waals surface area contributed by atoms with Crippen molar-refractivity contribution in [3.05, 3.63) is 70.7 Å². The van der Waals surface area contributed by atoms with Crippen LogP contribution < -0.4 is 0 Å². The fourth-order valence-corrected chi connectivity index (χ4v) is 3.67. The molecule has 0 amide bonds. The molecule has 1 unspecified atom stereocenters. The minimum atomic E-state index is -3.61. The second-order valence-electron chi connectivity index (χ2n) is 5.75. The highest BCUT2D eigenvalue weighted by molar-refractivity contribution is 7.86. The highest BCUT2D eigenvalue weighted by Crippen LogP contribution is 2.31. The quantitative estimate of drug-likeness (QED) is 0.838. The summed E-state index contributed by atoms with van der Waals surface area (Å²) >= 11 is 5.96. The van der Waals surface area contributed by atoms with Crippen molar-refractivity contribution in [3.63, 3.8) is 0 Å². The number of hydrogen-bond donors (Lipinski definition) is 0. The Hall–Kier alpha value is -1.89. The minimum Gasteiger partial charge on any atom is -0.189 e. The third kappa shape index (κ3) is 3.17. The molecule has 0 spiro atoms. The highest BCUT2D eigenvalue weighted by atomic mass is 35.5. The number of nitrogens with zero attached hydrogens (tertiary/aromatic N) is 3. The van der Waals surface area contributed by atoms with E-state index in [0.717, 1.165) is 21.3 Å². The Morgan fingerprint density at radius 2 is 1.71 bits per heavy atom. The zero-order valence-electron chi connectivity index (χ0n) is 13.4. The maximum atomic E-state index is 12.5. The molecule has 5 nitrogen and oxygen atoms in total. The molecule has 24 heavy (non-hydrogen) atoms. The van der Waals surface area contributed by atoms with Gasteiger partial charge in [-0.2, -0.15) is 22.2 Å². The molecule has 3 rings (SSSR count).